The standard InChI is InChI=1S/C21H25N7S/c1-27-11-13-28(14-12-27)10-4-8-23-21-24-9-7-17(26-21)16(15-22)20-25-18-5-2-3-6-19(18)29-20/h2-3,5-7,9,16H,4,8,10-14H2,1H3,(H,23,24,26). The number of para-hydroxylation sites is 1. The van der Waals surface area contributed by atoms with Gasteiger partial charge in [0.2, 0.25) is 5.95 Å². The van der Waals surface area contributed by atoms with Gasteiger partial charge in [0.25, 0.3) is 0 Å². The van der Waals surface area contributed by atoms with Crippen molar-refractivity contribution in [1.82, 2.24) is 24.8 Å². The smallest absolute Gasteiger partial charge is 0.222 e. The molecule has 29 heavy (non-hydrogen) atoms. The maximum atomic E-state index is 9.75. The third-order valence-electron chi connectivity index (χ3n) is 5.19. The zero-order valence-corrected chi connectivity index (χ0v) is 17.4. The van der Waals surface area contributed by atoms with Crippen molar-refractivity contribution in [3.05, 3.63) is 47.2 Å². The van der Waals surface area contributed by atoms with E-state index >= 15 is 0 Å². The number of benzene rings is 1. The zero-order valence-electron chi connectivity index (χ0n) is 16.6. The van der Waals surface area contributed by atoms with E-state index in [2.05, 4.69) is 43.2 Å². The quantitative estimate of drug-likeness (QED) is 0.603. The summed E-state index contributed by atoms with van der Waals surface area (Å²) in [5.41, 5.74) is 1.60. The SMILES string of the molecule is CN1CCN(CCCNc2nccc(C(C#N)c3nc4ccccc4s3)n2)CC1. The van der Waals surface area contributed by atoms with Crippen molar-refractivity contribution in [2.75, 3.05) is 51.6 Å². The summed E-state index contributed by atoms with van der Waals surface area (Å²) < 4.78 is 1.08. The largest absolute Gasteiger partial charge is 0.354 e. The molecular weight excluding hydrogens is 382 g/mol. The first-order valence-corrected chi connectivity index (χ1v) is 10.8. The average Bonchev–Trinajstić information content (AvgIpc) is 3.17. The van der Waals surface area contributed by atoms with Gasteiger partial charge in [0.15, 0.2) is 0 Å². The number of aromatic nitrogens is 3. The zero-order chi connectivity index (χ0) is 20.1. The van der Waals surface area contributed by atoms with Crippen LogP contribution in [0.5, 0.6) is 0 Å². The predicted molar refractivity (Wildman–Crippen MR) is 116 cm³/mol. The summed E-state index contributed by atoms with van der Waals surface area (Å²) in [5, 5.41) is 13.8. The molecule has 0 aliphatic carbocycles. The number of nitrogens with one attached hydrogen (secondary N) is 1. The van der Waals surface area contributed by atoms with Crippen LogP contribution < -0.4 is 5.32 Å². The van der Waals surface area contributed by atoms with Crippen LogP contribution in [0.1, 0.15) is 23.0 Å². The van der Waals surface area contributed by atoms with Gasteiger partial charge in [0, 0.05) is 38.9 Å². The maximum Gasteiger partial charge on any atom is 0.222 e. The highest BCUT2D eigenvalue weighted by molar-refractivity contribution is 7.18. The number of rotatable bonds is 7. The molecular formula is C21H25N7S. The molecule has 4 rings (SSSR count). The Balaban J connectivity index is 1.36. The molecule has 1 unspecified atom stereocenters. The summed E-state index contributed by atoms with van der Waals surface area (Å²) in [4.78, 5) is 18.4. The molecule has 1 N–H and O–H groups in total. The lowest BCUT2D eigenvalue weighted by Gasteiger charge is -2.32. The van der Waals surface area contributed by atoms with E-state index in [0.29, 0.717) is 11.6 Å². The number of hydrogen-bond acceptors (Lipinski definition) is 8. The summed E-state index contributed by atoms with van der Waals surface area (Å²) >= 11 is 1.54. The molecule has 0 saturated carbocycles. The highest BCUT2D eigenvalue weighted by Gasteiger charge is 2.20. The topological polar surface area (TPSA) is 81.0 Å². The molecule has 1 aliphatic rings. The van der Waals surface area contributed by atoms with Gasteiger partial charge in [-0.25, -0.2) is 15.0 Å². The molecule has 0 spiro atoms. The third kappa shape index (κ3) is 4.88. The molecule has 8 heteroatoms. The summed E-state index contributed by atoms with van der Waals surface area (Å²) in [5.74, 6) is 0.0866. The number of fused-ring (bicyclic) bond motifs is 1. The molecule has 1 atom stereocenters. The van der Waals surface area contributed by atoms with E-state index in [-0.39, 0.29) is 0 Å². The van der Waals surface area contributed by atoms with Crippen molar-refractivity contribution >= 4 is 27.5 Å². The fourth-order valence-electron chi connectivity index (χ4n) is 3.45. The van der Waals surface area contributed by atoms with E-state index in [1.807, 2.05) is 24.3 Å². The third-order valence-corrected chi connectivity index (χ3v) is 6.29. The summed E-state index contributed by atoms with van der Waals surface area (Å²) in [6.07, 6.45) is 2.75. The van der Waals surface area contributed by atoms with Crippen LogP contribution in [0.4, 0.5) is 5.95 Å². The molecule has 150 valence electrons. The number of likely N-dealkylation sites (N-methyl/N-ethyl adjacent to an activating group) is 1. The molecule has 0 bridgehead atoms. The van der Waals surface area contributed by atoms with Crippen LogP contribution in [0.3, 0.4) is 0 Å². The Bertz CT molecular complexity index is 955. The fourth-order valence-corrected chi connectivity index (χ4v) is 4.48. The van der Waals surface area contributed by atoms with E-state index in [1.54, 1.807) is 23.6 Å². The monoisotopic (exact) mass is 407 g/mol. The lowest BCUT2D eigenvalue weighted by atomic mass is 10.1. The van der Waals surface area contributed by atoms with Gasteiger partial charge in [0.05, 0.1) is 22.0 Å². The lowest BCUT2D eigenvalue weighted by molar-refractivity contribution is 0.154. The van der Waals surface area contributed by atoms with Crippen LogP contribution in [-0.2, 0) is 0 Å². The van der Waals surface area contributed by atoms with Crippen LogP contribution in [0.2, 0.25) is 0 Å². The van der Waals surface area contributed by atoms with E-state index < -0.39 is 5.92 Å². The second-order valence-corrected chi connectivity index (χ2v) is 8.37. The van der Waals surface area contributed by atoms with Gasteiger partial charge in [-0.1, -0.05) is 12.1 Å². The van der Waals surface area contributed by atoms with Crippen molar-refractivity contribution in [2.45, 2.75) is 12.3 Å². The predicted octanol–water partition coefficient (Wildman–Crippen LogP) is 2.79. The minimum atomic E-state index is -0.485. The number of nitriles is 1. The Morgan fingerprint density at radius 3 is 2.79 bits per heavy atom. The van der Waals surface area contributed by atoms with Gasteiger partial charge >= 0.3 is 0 Å². The Kier molecular flexibility index (Phi) is 6.30. The summed E-state index contributed by atoms with van der Waals surface area (Å²) in [7, 11) is 2.17. The van der Waals surface area contributed by atoms with E-state index in [0.717, 1.165) is 60.9 Å². The minimum Gasteiger partial charge on any atom is -0.354 e. The molecule has 3 aromatic rings. The van der Waals surface area contributed by atoms with Crippen molar-refractivity contribution in [2.24, 2.45) is 0 Å². The van der Waals surface area contributed by atoms with Gasteiger partial charge < -0.3 is 15.1 Å². The van der Waals surface area contributed by atoms with Gasteiger partial charge in [-0.15, -0.1) is 11.3 Å². The Labute approximate surface area is 175 Å². The van der Waals surface area contributed by atoms with Gasteiger partial charge in [-0.3, -0.25) is 0 Å². The Morgan fingerprint density at radius 1 is 1.17 bits per heavy atom. The van der Waals surface area contributed by atoms with Crippen molar-refractivity contribution in [3.63, 3.8) is 0 Å². The van der Waals surface area contributed by atoms with Crippen LogP contribution in [0, 0.1) is 11.3 Å². The molecule has 1 aromatic carbocycles. The van der Waals surface area contributed by atoms with Crippen molar-refractivity contribution in [1.29, 1.82) is 5.26 Å². The summed E-state index contributed by atoms with van der Waals surface area (Å²) in [6.45, 7) is 6.43. The highest BCUT2D eigenvalue weighted by Crippen LogP contribution is 2.30. The molecule has 0 amide bonds. The molecule has 1 fully saturated rings. The molecule has 2 aromatic heterocycles. The maximum absolute atomic E-state index is 9.75. The fraction of sp³-hybridized carbons (Fsp3) is 0.429. The second kappa shape index (κ2) is 9.27. The number of thiazole rings is 1. The van der Waals surface area contributed by atoms with Crippen molar-refractivity contribution in [3.8, 4) is 6.07 Å². The molecule has 3 heterocycles. The molecule has 1 saturated heterocycles. The van der Waals surface area contributed by atoms with Crippen molar-refractivity contribution < 1.29 is 0 Å². The number of nitrogens with zero attached hydrogens (tertiary/aromatic N) is 6. The Hall–Kier alpha value is -2.60. The van der Waals surface area contributed by atoms with Gasteiger partial charge in [0.1, 0.15) is 10.9 Å². The summed E-state index contributed by atoms with van der Waals surface area (Å²) in [6, 6.07) is 12.1. The van der Waals surface area contributed by atoms with Crippen LogP contribution in [0.15, 0.2) is 36.5 Å². The normalized spacial score (nSPS) is 16.6. The van der Waals surface area contributed by atoms with Gasteiger partial charge in [-0.2, -0.15) is 5.26 Å². The average molecular weight is 408 g/mol. The van der Waals surface area contributed by atoms with Gasteiger partial charge in [-0.05, 0) is 38.2 Å². The van der Waals surface area contributed by atoms with E-state index in [1.165, 1.54) is 0 Å². The highest BCUT2D eigenvalue weighted by atomic mass is 32.1. The lowest BCUT2D eigenvalue weighted by Crippen LogP contribution is -2.44. The van der Waals surface area contributed by atoms with Crippen LogP contribution in [-0.4, -0.2) is 71.1 Å². The molecule has 7 nitrogen and oxygen atoms in total. The number of piperazine rings is 1. The second-order valence-electron chi connectivity index (χ2n) is 7.31. The molecule has 0 radical (unpaired) electrons. The minimum absolute atomic E-state index is 0.485. The first kappa shape index (κ1) is 19.7. The molecule has 1 aliphatic heterocycles. The number of anilines is 1. The first-order chi connectivity index (χ1) is 14.2. The van der Waals surface area contributed by atoms with E-state index in [9.17, 15) is 5.26 Å². The van der Waals surface area contributed by atoms with E-state index in [4.69, 9.17) is 0 Å². The number of hydrogen-bond donors (Lipinski definition) is 1. The van der Waals surface area contributed by atoms with Crippen LogP contribution in [0.25, 0.3) is 10.2 Å². The van der Waals surface area contributed by atoms with Crippen LogP contribution >= 0.6 is 11.3 Å². The first-order valence-electron chi connectivity index (χ1n) is 9.96. The Morgan fingerprint density at radius 2 is 2.00 bits per heavy atom.